The third kappa shape index (κ3) is 4.40. The minimum absolute atomic E-state index is 0.185. The van der Waals surface area contributed by atoms with Crippen LogP contribution in [0.2, 0.25) is 0 Å². The Kier molecular flexibility index (Phi) is 6.20. The highest BCUT2D eigenvalue weighted by Crippen LogP contribution is 2.45. The number of benzene rings is 3. The number of fused-ring (bicyclic) bond motifs is 1. The highest BCUT2D eigenvalue weighted by Gasteiger charge is 2.51. The van der Waals surface area contributed by atoms with Crippen molar-refractivity contribution >= 4 is 45.3 Å². The van der Waals surface area contributed by atoms with Crippen LogP contribution in [0, 0.1) is 5.41 Å². The summed E-state index contributed by atoms with van der Waals surface area (Å²) in [5.41, 5.74) is 1.01. The second-order valence-corrected chi connectivity index (χ2v) is 9.08. The van der Waals surface area contributed by atoms with Crippen molar-refractivity contribution in [3.05, 3.63) is 101 Å². The van der Waals surface area contributed by atoms with Crippen LogP contribution in [0.5, 0.6) is 0 Å². The number of carbonyl (C=O) groups is 2. The normalized spacial score (nSPS) is 12.5. The molecule has 0 radical (unpaired) electrons. The molecule has 1 aromatic heterocycles. The van der Waals surface area contributed by atoms with Crippen LogP contribution in [-0.4, -0.2) is 21.2 Å². The van der Waals surface area contributed by atoms with Crippen molar-refractivity contribution in [2.45, 2.75) is 18.8 Å². The van der Waals surface area contributed by atoms with E-state index in [1.807, 2.05) is 84.9 Å². The lowest BCUT2D eigenvalue weighted by atomic mass is 9.68. The number of para-hydroxylation sites is 1. The van der Waals surface area contributed by atoms with Crippen LogP contribution in [0.3, 0.4) is 0 Å². The predicted molar refractivity (Wildman–Crippen MR) is 127 cm³/mol. The zero-order valence-corrected chi connectivity index (χ0v) is 18.4. The SMILES string of the molecule is O=C(S)C(c1nc2ccccc2s1)C(Cc1ccccc1)(Cc1ccccc1)C(=O)O. The second kappa shape index (κ2) is 9.04. The molecule has 4 aromatic rings. The Labute approximate surface area is 190 Å². The van der Waals surface area contributed by atoms with Crippen LogP contribution in [0.25, 0.3) is 10.2 Å². The number of rotatable bonds is 8. The van der Waals surface area contributed by atoms with E-state index in [0.717, 1.165) is 21.3 Å². The lowest BCUT2D eigenvalue weighted by Crippen LogP contribution is -2.44. The first kappa shape index (κ1) is 21.3. The number of carboxylic acid groups (broad SMARTS) is 1. The molecule has 1 atom stereocenters. The van der Waals surface area contributed by atoms with Crippen molar-refractivity contribution in [3.8, 4) is 0 Å². The maximum absolute atomic E-state index is 13.0. The minimum atomic E-state index is -1.44. The number of aromatic nitrogens is 1. The molecule has 156 valence electrons. The molecule has 1 heterocycles. The van der Waals surface area contributed by atoms with E-state index in [0.29, 0.717) is 5.01 Å². The molecule has 0 aliphatic heterocycles. The van der Waals surface area contributed by atoms with Gasteiger partial charge in [0.15, 0.2) is 5.12 Å². The molecule has 31 heavy (non-hydrogen) atoms. The molecule has 1 N–H and O–H groups in total. The summed E-state index contributed by atoms with van der Waals surface area (Å²) in [6.45, 7) is 0. The van der Waals surface area contributed by atoms with Crippen LogP contribution in [0.4, 0.5) is 0 Å². The van der Waals surface area contributed by atoms with E-state index in [4.69, 9.17) is 0 Å². The van der Waals surface area contributed by atoms with E-state index in [9.17, 15) is 14.7 Å². The summed E-state index contributed by atoms with van der Waals surface area (Å²) in [4.78, 5) is 30.5. The molecule has 0 bridgehead atoms. The van der Waals surface area contributed by atoms with Crippen molar-refractivity contribution in [2.75, 3.05) is 0 Å². The van der Waals surface area contributed by atoms with Crippen LogP contribution in [0.15, 0.2) is 84.9 Å². The Morgan fingerprint density at radius 1 is 0.871 bits per heavy atom. The number of carbonyl (C=O) groups excluding carboxylic acids is 1. The molecule has 1 unspecified atom stereocenters. The fourth-order valence-electron chi connectivity index (χ4n) is 4.05. The zero-order chi connectivity index (χ0) is 21.8. The highest BCUT2D eigenvalue weighted by molar-refractivity contribution is 7.96. The average Bonchev–Trinajstić information content (AvgIpc) is 3.18. The first-order chi connectivity index (χ1) is 15.0. The van der Waals surface area contributed by atoms with Gasteiger partial charge < -0.3 is 5.11 Å². The molecule has 0 fully saturated rings. The van der Waals surface area contributed by atoms with Gasteiger partial charge in [-0.25, -0.2) is 4.98 Å². The monoisotopic (exact) mass is 447 g/mol. The summed E-state index contributed by atoms with van der Waals surface area (Å²) >= 11 is 5.53. The van der Waals surface area contributed by atoms with Crippen molar-refractivity contribution in [2.24, 2.45) is 5.41 Å². The van der Waals surface area contributed by atoms with E-state index in [1.165, 1.54) is 11.3 Å². The van der Waals surface area contributed by atoms with Gasteiger partial charge in [-0.3, -0.25) is 9.59 Å². The number of nitrogens with zero attached hydrogens (tertiary/aromatic N) is 1. The highest BCUT2D eigenvalue weighted by atomic mass is 32.1. The second-order valence-electron chi connectivity index (χ2n) is 7.58. The topological polar surface area (TPSA) is 67.3 Å². The molecule has 0 saturated carbocycles. The smallest absolute Gasteiger partial charge is 0.311 e. The maximum atomic E-state index is 13.0. The molecule has 0 aliphatic rings. The summed E-state index contributed by atoms with van der Waals surface area (Å²) in [5.74, 6) is -2.03. The Morgan fingerprint density at radius 3 is 1.87 bits per heavy atom. The molecule has 0 saturated heterocycles. The first-order valence-electron chi connectivity index (χ1n) is 9.89. The molecule has 3 aromatic carbocycles. The molecule has 0 spiro atoms. The minimum Gasteiger partial charge on any atom is -0.481 e. The maximum Gasteiger partial charge on any atom is 0.311 e. The lowest BCUT2D eigenvalue weighted by Gasteiger charge is -2.35. The largest absolute Gasteiger partial charge is 0.481 e. The van der Waals surface area contributed by atoms with Gasteiger partial charge in [0.1, 0.15) is 5.01 Å². The van der Waals surface area contributed by atoms with Crippen LogP contribution < -0.4 is 0 Å². The van der Waals surface area contributed by atoms with E-state index in [-0.39, 0.29) is 12.8 Å². The fourth-order valence-corrected chi connectivity index (χ4v) is 5.69. The van der Waals surface area contributed by atoms with Gasteiger partial charge >= 0.3 is 5.97 Å². The van der Waals surface area contributed by atoms with E-state index >= 15 is 0 Å². The number of thiazole rings is 1. The quantitative estimate of drug-likeness (QED) is 0.355. The summed E-state index contributed by atoms with van der Waals surface area (Å²) < 4.78 is 0.913. The average molecular weight is 448 g/mol. The molecule has 6 heteroatoms. The number of hydrogen-bond acceptors (Lipinski definition) is 4. The van der Waals surface area contributed by atoms with Gasteiger partial charge in [-0.1, -0.05) is 72.8 Å². The van der Waals surface area contributed by atoms with Crippen molar-refractivity contribution < 1.29 is 14.7 Å². The fraction of sp³-hybridized carbons (Fsp3) is 0.160. The Bertz CT molecular complexity index is 1130. The van der Waals surface area contributed by atoms with Gasteiger partial charge in [0, 0.05) is 0 Å². The van der Waals surface area contributed by atoms with Crippen LogP contribution >= 0.6 is 24.0 Å². The standard InChI is InChI=1S/C25H21NO3S2/c27-23(30)21(22-26-19-13-7-8-14-20(19)31-22)25(24(28)29,15-17-9-3-1-4-10-17)16-18-11-5-2-6-12-18/h1-14,21H,15-16H2,(H,27,30)(H,28,29). The van der Waals surface area contributed by atoms with Crippen LogP contribution in [0.1, 0.15) is 22.1 Å². The van der Waals surface area contributed by atoms with Gasteiger partial charge in [0.05, 0.1) is 21.5 Å². The van der Waals surface area contributed by atoms with E-state index in [2.05, 4.69) is 17.6 Å². The van der Waals surface area contributed by atoms with Gasteiger partial charge in [0.25, 0.3) is 0 Å². The predicted octanol–water partition coefficient (Wildman–Crippen LogP) is 5.39. The zero-order valence-electron chi connectivity index (χ0n) is 16.6. The van der Waals surface area contributed by atoms with Crippen molar-refractivity contribution in [1.82, 2.24) is 4.98 Å². The van der Waals surface area contributed by atoms with Gasteiger partial charge in [-0.2, -0.15) is 0 Å². The third-order valence-electron chi connectivity index (χ3n) is 5.51. The Hall–Kier alpha value is -2.96. The number of hydrogen-bond donors (Lipinski definition) is 2. The number of carboxylic acids is 1. The van der Waals surface area contributed by atoms with Crippen molar-refractivity contribution in [3.63, 3.8) is 0 Å². The summed E-state index contributed by atoms with van der Waals surface area (Å²) in [7, 11) is 0. The molecule has 0 amide bonds. The Balaban J connectivity index is 1.90. The number of aliphatic carboxylic acids is 1. The number of thiol groups is 1. The van der Waals surface area contributed by atoms with E-state index < -0.39 is 22.4 Å². The molecular weight excluding hydrogens is 426 g/mol. The molecule has 4 nitrogen and oxygen atoms in total. The first-order valence-corrected chi connectivity index (χ1v) is 11.2. The van der Waals surface area contributed by atoms with Gasteiger partial charge in [-0.05, 0) is 36.1 Å². The van der Waals surface area contributed by atoms with Gasteiger partial charge in [0.2, 0.25) is 0 Å². The third-order valence-corrected chi connectivity index (χ3v) is 6.87. The summed E-state index contributed by atoms with van der Waals surface area (Å²) in [5, 5.41) is 10.6. The molecular formula is C25H21NO3S2. The van der Waals surface area contributed by atoms with E-state index in [1.54, 1.807) is 0 Å². The summed E-state index contributed by atoms with van der Waals surface area (Å²) in [6.07, 6.45) is 0.371. The van der Waals surface area contributed by atoms with Crippen molar-refractivity contribution in [1.29, 1.82) is 0 Å². The van der Waals surface area contributed by atoms with Gasteiger partial charge in [-0.15, -0.1) is 24.0 Å². The van der Waals surface area contributed by atoms with Crippen LogP contribution in [-0.2, 0) is 22.4 Å². The Morgan fingerprint density at radius 2 is 1.39 bits per heavy atom. The summed E-state index contributed by atoms with van der Waals surface area (Å²) in [6, 6.07) is 26.4. The molecule has 0 aliphatic carbocycles. The molecule has 4 rings (SSSR count). The lowest BCUT2D eigenvalue weighted by molar-refractivity contribution is -0.152.